The van der Waals surface area contributed by atoms with Gasteiger partial charge in [-0.2, -0.15) is 0 Å². The normalized spacial score (nSPS) is 24.7. The molecule has 1 heterocycles. The standard InChI is InChI=1S/C31H32N4O2/c1-31-18-23(19-32)29(34-26-8-5-15-33-20-26)17-25(31)12-11-24(31)16-28(21-6-3-2-4-7-21)35-30(37)22-9-13-27(36)14-10-22/h2-10,13-15,17,19-20,23-24,28,32,36H,11-12,16,18H2,1H3,(H,35,37). The molecule has 1 aromatic heterocycles. The molecule has 3 aromatic rings. The van der Waals surface area contributed by atoms with Crippen LogP contribution in [0.25, 0.3) is 0 Å². The van der Waals surface area contributed by atoms with Crippen molar-refractivity contribution in [2.45, 2.75) is 38.6 Å². The number of pyridine rings is 1. The first-order valence-electron chi connectivity index (χ1n) is 12.8. The number of phenols is 1. The molecule has 188 valence electrons. The van der Waals surface area contributed by atoms with Crippen LogP contribution in [0.15, 0.2) is 95.8 Å². The maximum atomic E-state index is 13.1. The van der Waals surface area contributed by atoms with Gasteiger partial charge in [0.15, 0.2) is 0 Å². The first-order valence-corrected chi connectivity index (χ1v) is 12.8. The number of nitrogens with zero attached hydrogens (tertiary/aromatic N) is 2. The lowest BCUT2D eigenvalue weighted by Gasteiger charge is -2.40. The fraction of sp³-hybridized carbons (Fsp3) is 0.290. The van der Waals surface area contributed by atoms with Crippen LogP contribution < -0.4 is 5.32 Å². The molecule has 1 amide bonds. The number of nitrogens with one attached hydrogen (secondary N) is 2. The molecule has 6 heteroatoms. The van der Waals surface area contributed by atoms with Crippen LogP contribution in [0.5, 0.6) is 5.75 Å². The highest BCUT2D eigenvalue weighted by atomic mass is 16.3. The number of allylic oxidation sites excluding steroid dienone is 2. The lowest BCUT2D eigenvalue weighted by molar-refractivity contribution is 0.0922. The second kappa shape index (κ2) is 10.5. The SMILES string of the molecule is CC12CC(C=N)C(=Nc3cccnc3)C=C1CCC2CC(NC(=O)c1ccc(O)cc1)c1ccccc1. The van der Waals surface area contributed by atoms with E-state index < -0.39 is 0 Å². The van der Waals surface area contributed by atoms with Crippen LogP contribution in [0, 0.1) is 22.7 Å². The molecule has 37 heavy (non-hydrogen) atoms. The van der Waals surface area contributed by atoms with Gasteiger partial charge in [-0.15, -0.1) is 0 Å². The number of rotatable bonds is 7. The minimum Gasteiger partial charge on any atom is -0.508 e. The summed E-state index contributed by atoms with van der Waals surface area (Å²) in [6.07, 6.45) is 10.9. The van der Waals surface area contributed by atoms with Gasteiger partial charge >= 0.3 is 0 Å². The second-order valence-electron chi connectivity index (χ2n) is 10.3. The average Bonchev–Trinajstić information content (AvgIpc) is 3.24. The predicted octanol–water partition coefficient (Wildman–Crippen LogP) is 6.43. The smallest absolute Gasteiger partial charge is 0.251 e. The fourth-order valence-corrected chi connectivity index (χ4v) is 5.89. The number of fused-ring (bicyclic) bond motifs is 1. The van der Waals surface area contributed by atoms with Crippen LogP contribution >= 0.6 is 0 Å². The number of amides is 1. The molecule has 2 aliphatic carbocycles. The summed E-state index contributed by atoms with van der Waals surface area (Å²) in [5.74, 6) is 0.279. The van der Waals surface area contributed by atoms with E-state index in [1.165, 1.54) is 23.9 Å². The molecule has 4 unspecified atom stereocenters. The Balaban J connectivity index is 1.41. The van der Waals surface area contributed by atoms with Gasteiger partial charge in [0.2, 0.25) is 0 Å². The Labute approximate surface area is 217 Å². The van der Waals surface area contributed by atoms with E-state index in [0.717, 1.165) is 42.6 Å². The third-order valence-corrected chi connectivity index (χ3v) is 8.01. The van der Waals surface area contributed by atoms with Gasteiger partial charge in [-0.25, -0.2) is 0 Å². The molecule has 2 aliphatic rings. The van der Waals surface area contributed by atoms with Gasteiger partial charge < -0.3 is 15.8 Å². The van der Waals surface area contributed by atoms with E-state index in [1.807, 2.05) is 30.3 Å². The van der Waals surface area contributed by atoms with E-state index >= 15 is 0 Å². The van der Waals surface area contributed by atoms with E-state index in [-0.39, 0.29) is 29.0 Å². The highest BCUT2D eigenvalue weighted by Crippen LogP contribution is 2.56. The molecule has 0 aliphatic heterocycles. The van der Waals surface area contributed by atoms with Crippen molar-refractivity contribution in [2.75, 3.05) is 0 Å². The summed E-state index contributed by atoms with van der Waals surface area (Å²) in [5, 5.41) is 21.0. The monoisotopic (exact) mass is 492 g/mol. The Bertz CT molecular complexity index is 1320. The molecule has 2 aromatic carbocycles. The Morgan fingerprint density at radius 3 is 2.68 bits per heavy atom. The summed E-state index contributed by atoms with van der Waals surface area (Å²) >= 11 is 0. The van der Waals surface area contributed by atoms with Crippen molar-refractivity contribution in [3.63, 3.8) is 0 Å². The van der Waals surface area contributed by atoms with E-state index in [9.17, 15) is 9.90 Å². The van der Waals surface area contributed by atoms with Crippen molar-refractivity contribution in [1.82, 2.24) is 10.3 Å². The van der Waals surface area contributed by atoms with Gasteiger partial charge in [-0.05, 0) is 85.1 Å². The zero-order valence-corrected chi connectivity index (χ0v) is 21.0. The summed E-state index contributed by atoms with van der Waals surface area (Å²) in [4.78, 5) is 22.1. The maximum Gasteiger partial charge on any atom is 0.251 e. The number of carbonyl (C=O) groups is 1. The summed E-state index contributed by atoms with van der Waals surface area (Å²) in [7, 11) is 0. The predicted molar refractivity (Wildman–Crippen MR) is 147 cm³/mol. The van der Waals surface area contributed by atoms with Crippen molar-refractivity contribution in [1.29, 1.82) is 5.41 Å². The molecular weight excluding hydrogens is 460 g/mol. The number of carbonyl (C=O) groups excluding carboxylic acids is 1. The van der Waals surface area contributed by atoms with Crippen molar-refractivity contribution in [3.05, 3.63) is 102 Å². The molecule has 0 saturated heterocycles. The Morgan fingerprint density at radius 1 is 1.19 bits per heavy atom. The Hall–Kier alpha value is -4.06. The molecule has 3 N–H and O–H groups in total. The third-order valence-electron chi connectivity index (χ3n) is 8.01. The molecule has 1 fully saturated rings. The van der Waals surface area contributed by atoms with E-state index in [4.69, 9.17) is 10.4 Å². The number of aromatic nitrogens is 1. The van der Waals surface area contributed by atoms with E-state index in [1.54, 1.807) is 24.5 Å². The highest BCUT2D eigenvalue weighted by Gasteiger charge is 2.47. The Kier molecular flexibility index (Phi) is 6.99. The summed E-state index contributed by atoms with van der Waals surface area (Å²) in [5.41, 5.74) is 4.65. The van der Waals surface area contributed by atoms with Crippen LogP contribution in [0.1, 0.15) is 54.6 Å². The summed E-state index contributed by atoms with van der Waals surface area (Å²) in [6, 6.07) is 20.1. The van der Waals surface area contributed by atoms with Gasteiger partial charge in [0.1, 0.15) is 5.75 Å². The van der Waals surface area contributed by atoms with Crippen LogP contribution in [0.3, 0.4) is 0 Å². The van der Waals surface area contributed by atoms with E-state index in [2.05, 4.69) is 35.4 Å². The number of phenolic OH excluding ortho intramolecular Hbond substituents is 1. The third kappa shape index (κ3) is 5.24. The lowest BCUT2D eigenvalue weighted by atomic mass is 9.65. The second-order valence-corrected chi connectivity index (χ2v) is 10.3. The van der Waals surface area contributed by atoms with Crippen LogP contribution in [-0.4, -0.2) is 27.9 Å². The number of benzene rings is 2. The summed E-state index contributed by atoms with van der Waals surface area (Å²) in [6.45, 7) is 2.32. The van der Waals surface area contributed by atoms with Gasteiger partial charge in [0.25, 0.3) is 5.91 Å². The van der Waals surface area contributed by atoms with Crippen LogP contribution in [0.2, 0.25) is 0 Å². The fourth-order valence-electron chi connectivity index (χ4n) is 5.89. The van der Waals surface area contributed by atoms with Gasteiger partial charge in [-0.3, -0.25) is 14.8 Å². The molecule has 1 saturated carbocycles. The molecular formula is C31H32N4O2. The minimum absolute atomic E-state index is 0.0590. The number of aromatic hydroxyl groups is 1. The van der Waals surface area contributed by atoms with Crippen molar-refractivity contribution in [2.24, 2.45) is 22.2 Å². The molecule has 0 bridgehead atoms. The van der Waals surface area contributed by atoms with Gasteiger partial charge in [0, 0.05) is 29.6 Å². The Morgan fingerprint density at radius 2 is 1.97 bits per heavy atom. The van der Waals surface area contributed by atoms with Crippen molar-refractivity contribution in [3.8, 4) is 5.75 Å². The number of aliphatic imine (C=N–C) groups is 1. The van der Waals surface area contributed by atoms with Gasteiger partial charge in [0.05, 0.1) is 17.9 Å². The first-order chi connectivity index (χ1) is 18.0. The number of hydrogen-bond acceptors (Lipinski definition) is 5. The maximum absolute atomic E-state index is 13.1. The molecule has 0 spiro atoms. The van der Waals surface area contributed by atoms with Crippen molar-refractivity contribution >= 4 is 23.5 Å². The zero-order valence-electron chi connectivity index (χ0n) is 21.0. The minimum atomic E-state index is -0.153. The van der Waals surface area contributed by atoms with Crippen LogP contribution in [-0.2, 0) is 0 Å². The molecule has 6 nitrogen and oxygen atoms in total. The van der Waals surface area contributed by atoms with Gasteiger partial charge in [-0.1, -0.05) is 42.8 Å². The topological polar surface area (TPSA) is 98.4 Å². The molecule has 4 atom stereocenters. The van der Waals surface area contributed by atoms with Crippen LogP contribution in [0.4, 0.5) is 5.69 Å². The first kappa shape index (κ1) is 24.6. The van der Waals surface area contributed by atoms with Crippen molar-refractivity contribution < 1.29 is 9.90 Å². The zero-order chi connectivity index (χ0) is 25.8. The lowest BCUT2D eigenvalue weighted by Crippen LogP contribution is -2.37. The molecule has 0 radical (unpaired) electrons. The number of hydrogen-bond donors (Lipinski definition) is 3. The average molecular weight is 493 g/mol. The molecule has 5 rings (SSSR count). The van der Waals surface area contributed by atoms with E-state index in [0.29, 0.717) is 11.5 Å². The summed E-state index contributed by atoms with van der Waals surface area (Å²) < 4.78 is 0. The quantitative estimate of drug-likeness (QED) is 0.331. The highest BCUT2D eigenvalue weighted by molar-refractivity contribution is 6.08. The largest absolute Gasteiger partial charge is 0.508 e.